The van der Waals surface area contributed by atoms with Crippen molar-refractivity contribution in [3.8, 4) is 5.75 Å². The molecule has 6 heteroatoms. The molecule has 2 aromatic carbocycles. The smallest absolute Gasteiger partial charge is 0.254 e. The molecule has 0 aliphatic carbocycles. The predicted molar refractivity (Wildman–Crippen MR) is 108 cm³/mol. The van der Waals surface area contributed by atoms with Gasteiger partial charge in [0.2, 0.25) is 5.91 Å². The Kier molecular flexibility index (Phi) is 4.77. The Balaban J connectivity index is 1.59. The van der Waals surface area contributed by atoms with Crippen LogP contribution in [0.3, 0.4) is 0 Å². The molecule has 0 spiro atoms. The van der Waals surface area contributed by atoms with E-state index in [0.29, 0.717) is 18.7 Å². The van der Waals surface area contributed by atoms with Crippen molar-refractivity contribution >= 4 is 22.7 Å². The van der Waals surface area contributed by atoms with Gasteiger partial charge in [-0.05, 0) is 41.3 Å². The van der Waals surface area contributed by atoms with Crippen LogP contribution >= 0.6 is 0 Å². The van der Waals surface area contributed by atoms with E-state index in [1.54, 1.807) is 7.11 Å². The molecule has 0 bridgehead atoms. The number of nitrogens with zero attached hydrogens (tertiary/aromatic N) is 1. The Morgan fingerprint density at radius 3 is 2.61 bits per heavy atom. The summed E-state index contributed by atoms with van der Waals surface area (Å²) >= 11 is 0. The average Bonchev–Trinajstić information content (AvgIpc) is 3.33. The van der Waals surface area contributed by atoms with Gasteiger partial charge in [0.15, 0.2) is 0 Å². The van der Waals surface area contributed by atoms with Crippen LogP contribution in [0.2, 0.25) is 0 Å². The van der Waals surface area contributed by atoms with Crippen molar-refractivity contribution in [2.75, 3.05) is 20.2 Å². The highest BCUT2D eigenvalue weighted by molar-refractivity contribution is 5.98. The number of hydrogen-bond donors (Lipinski definition) is 2. The monoisotopic (exact) mass is 377 g/mol. The largest absolute Gasteiger partial charge is 0.497 e. The minimum atomic E-state index is -0.121. The van der Waals surface area contributed by atoms with Crippen LogP contribution in [0.4, 0.5) is 0 Å². The fraction of sp³-hybridized carbons (Fsp3) is 0.273. The third-order valence-electron chi connectivity index (χ3n) is 5.34. The van der Waals surface area contributed by atoms with Crippen molar-refractivity contribution in [1.29, 1.82) is 0 Å². The molecule has 2 amide bonds. The van der Waals surface area contributed by atoms with Gasteiger partial charge in [-0.15, -0.1) is 0 Å². The molecule has 1 aliphatic rings. The normalized spacial score (nSPS) is 19.0. The van der Waals surface area contributed by atoms with Crippen molar-refractivity contribution in [2.45, 2.75) is 18.9 Å². The van der Waals surface area contributed by atoms with Crippen LogP contribution in [-0.4, -0.2) is 47.9 Å². The summed E-state index contributed by atoms with van der Waals surface area (Å²) in [6.45, 7) is 2.55. The second kappa shape index (κ2) is 7.38. The molecule has 0 radical (unpaired) electrons. The van der Waals surface area contributed by atoms with E-state index in [2.05, 4.69) is 10.3 Å². The first-order chi connectivity index (χ1) is 13.5. The first kappa shape index (κ1) is 18.1. The Bertz CT molecular complexity index is 1010. The predicted octanol–water partition coefficient (Wildman–Crippen LogP) is 2.92. The topological polar surface area (TPSA) is 74.4 Å². The van der Waals surface area contributed by atoms with Crippen molar-refractivity contribution < 1.29 is 14.3 Å². The van der Waals surface area contributed by atoms with E-state index in [4.69, 9.17) is 4.74 Å². The minimum absolute atomic E-state index is 0.0251. The number of rotatable bonds is 4. The number of ether oxygens (including phenoxy) is 1. The lowest BCUT2D eigenvalue weighted by Crippen LogP contribution is -2.39. The van der Waals surface area contributed by atoms with Crippen LogP contribution in [0.25, 0.3) is 10.9 Å². The third-order valence-corrected chi connectivity index (χ3v) is 5.34. The first-order valence-electron chi connectivity index (χ1n) is 9.32. The molecular formula is C22H23N3O3. The third kappa shape index (κ3) is 3.45. The van der Waals surface area contributed by atoms with Gasteiger partial charge in [-0.25, -0.2) is 0 Å². The maximum absolute atomic E-state index is 13.1. The summed E-state index contributed by atoms with van der Waals surface area (Å²) in [5.41, 5.74) is 2.66. The zero-order valence-corrected chi connectivity index (χ0v) is 15.9. The minimum Gasteiger partial charge on any atom is -0.497 e. The molecule has 6 nitrogen and oxygen atoms in total. The molecule has 2 unspecified atom stereocenters. The Labute approximate surface area is 163 Å². The molecule has 2 N–H and O–H groups in total. The highest BCUT2D eigenvalue weighted by atomic mass is 16.5. The lowest BCUT2D eigenvalue weighted by molar-refractivity contribution is -0.119. The second-order valence-electron chi connectivity index (χ2n) is 7.18. The summed E-state index contributed by atoms with van der Waals surface area (Å²) in [5, 5.41) is 4.08. The number of aromatic amines is 1. The molecule has 1 aliphatic heterocycles. The zero-order valence-electron chi connectivity index (χ0n) is 15.9. The van der Waals surface area contributed by atoms with Gasteiger partial charge in [0.05, 0.1) is 13.2 Å². The highest BCUT2D eigenvalue weighted by Crippen LogP contribution is 2.30. The van der Waals surface area contributed by atoms with Gasteiger partial charge in [0.25, 0.3) is 5.91 Å². The number of likely N-dealkylation sites (tertiary alicyclic amines) is 1. The molecule has 2 heterocycles. The number of methoxy groups -OCH3 is 1. The van der Waals surface area contributed by atoms with Crippen molar-refractivity contribution in [3.05, 3.63) is 65.9 Å². The summed E-state index contributed by atoms with van der Waals surface area (Å²) in [6, 6.07) is 15.3. The van der Waals surface area contributed by atoms with E-state index < -0.39 is 0 Å². The summed E-state index contributed by atoms with van der Waals surface area (Å²) in [6.07, 6.45) is 1.86. The lowest BCUT2D eigenvalue weighted by Gasteiger charge is -2.19. The zero-order chi connectivity index (χ0) is 19.7. The lowest BCUT2D eigenvalue weighted by atomic mass is 9.94. The Morgan fingerprint density at radius 2 is 1.89 bits per heavy atom. The highest BCUT2D eigenvalue weighted by Gasteiger charge is 2.37. The molecule has 1 aromatic heterocycles. The van der Waals surface area contributed by atoms with Gasteiger partial charge in [0, 0.05) is 43.2 Å². The van der Waals surface area contributed by atoms with Crippen LogP contribution in [0.5, 0.6) is 5.75 Å². The van der Waals surface area contributed by atoms with Gasteiger partial charge in [-0.3, -0.25) is 9.59 Å². The molecular weight excluding hydrogens is 354 g/mol. The molecule has 1 fully saturated rings. The Morgan fingerprint density at radius 1 is 1.11 bits per heavy atom. The molecule has 4 rings (SSSR count). The molecule has 0 saturated carbocycles. The van der Waals surface area contributed by atoms with Gasteiger partial charge in [0.1, 0.15) is 5.75 Å². The average molecular weight is 377 g/mol. The molecule has 1 saturated heterocycles. The summed E-state index contributed by atoms with van der Waals surface area (Å²) < 4.78 is 5.23. The van der Waals surface area contributed by atoms with E-state index in [0.717, 1.165) is 22.2 Å². The number of benzene rings is 2. The van der Waals surface area contributed by atoms with Crippen molar-refractivity contribution in [1.82, 2.24) is 15.2 Å². The summed E-state index contributed by atoms with van der Waals surface area (Å²) in [7, 11) is 1.63. The first-order valence-corrected chi connectivity index (χ1v) is 9.32. The van der Waals surface area contributed by atoms with Crippen LogP contribution in [0.15, 0.2) is 54.7 Å². The quantitative estimate of drug-likeness (QED) is 0.734. The number of amides is 2. The fourth-order valence-electron chi connectivity index (χ4n) is 3.93. The summed E-state index contributed by atoms with van der Waals surface area (Å²) in [4.78, 5) is 29.8. The van der Waals surface area contributed by atoms with Crippen LogP contribution in [-0.2, 0) is 4.79 Å². The van der Waals surface area contributed by atoms with Crippen LogP contribution in [0, 0.1) is 0 Å². The van der Waals surface area contributed by atoms with Gasteiger partial charge < -0.3 is 19.9 Å². The van der Waals surface area contributed by atoms with E-state index in [-0.39, 0.29) is 23.8 Å². The fourth-order valence-corrected chi connectivity index (χ4v) is 3.93. The number of carbonyl (C=O) groups is 2. The molecule has 28 heavy (non-hydrogen) atoms. The summed E-state index contributed by atoms with van der Waals surface area (Å²) in [5.74, 6) is 0.700. The van der Waals surface area contributed by atoms with Crippen molar-refractivity contribution in [2.24, 2.45) is 0 Å². The SMILES string of the molecule is COc1ccc(C2CN(C(=O)c3ccc4cc[nH]c4c3)CC2NC(C)=O)cc1. The van der Waals surface area contributed by atoms with E-state index >= 15 is 0 Å². The van der Waals surface area contributed by atoms with E-state index in [1.165, 1.54) is 6.92 Å². The molecule has 3 aromatic rings. The number of hydrogen-bond acceptors (Lipinski definition) is 3. The van der Waals surface area contributed by atoms with Gasteiger partial charge >= 0.3 is 0 Å². The van der Waals surface area contributed by atoms with E-state index in [1.807, 2.05) is 59.6 Å². The van der Waals surface area contributed by atoms with Crippen LogP contribution in [0.1, 0.15) is 28.8 Å². The van der Waals surface area contributed by atoms with Gasteiger partial charge in [-0.1, -0.05) is 18.2 Å². The van der Waals surface area contributed by atoms with Crippen LogP contribution < -0.4 is 10.1 Å². The van der Waals surface area contributed by atoms with E-state index in [9.17, 15) is 9.59 Å². The number of nitrogens with one attached hydrogen (secondary N) is 2. The number of aromatic nitrogens is 1. The number of carbonyl (C=O) groups excluding carboxylic acids is 2. The second-order valence-corrected chi connectivity index (χ2v) is 7.18. The maximum Gasteiger partial charge on any atom is 0.254 e. The molecule has 2 atom stereocenters. The standard InChI is InChI=1S/C22H23N3O3/c1-14(26)24-21-13-25(12-19(21)15-5-7-18(28-2)8-6-15)22(27)17-4-3-16-9-10-23-20(16)11-17/h3-11,19,21,23H,12-13H2,1-2H3,(H,24,26). The number of fused-ring (bicyclic) bond motifs is 1. The number of H-pyrrole nitrogens is 1. The van der Waals surface area contributed by atoms with Gasteiger partial charge in [-0.2, -0.15) is 0 Å². The maximum atomic E-state index is 13.1. The molecule has 144 valence electrons. The van der Waals surface area contributed by atoms with Crippen molar-refractivity contribution in [3.63, 3.8) is 0 Å². The Hall–Kier alpha value is -3.28.